The summed E-state index contributed by atoms with van der Waals surface area (Å²) in [7, 11) is 0. The molecule has 1 aromatic heterocycles. The molecule has 3 aromatic rings. The molecule has 0 spiro atoms. The Hall–Kier alpha value is -3.66. The fourth-order valence-electron chi connectivity index (χ4n) is 2.83. The molecule has 0 radical (unpaired) electrons. The minimum atomic E-state index is -0.993. The molecule has 0 fully saturated rings. The molecule has 1 aliphatic heterocycles. The van der Waals surface area contributed by atoms with E-state index in [1.807, 2.05) is 0 Å². The van der Waals surface area contributed by atoms with Gasteiger partial charge in [-0.15, -0.1) is 11.3 Å². The standard InChI is InChI=1S/C22H19FN2O6S/c1-13(22(27)25-15-4-7-18-19(8-15)30-12-29-18)31-21(26)9-16-11-32-20(24-16)10-28-17-5-2-14(23)3-6-17/h2-8,11,13H,9-10,12H2,1H3,(H,25,27)/t13-/m1/s1. The van der Waals surface area contributed by atoms with Crippen molar-refractivity contribution in [2.24, 2.45) is 0 Å². The predicted octanol–water partition coefficient (Wildman–Crippen LogP) is 3.70. The van der Waals surface area contributed by atoms with Crippen molar-refractivity contribution in [2.75, 3.05) is 12.1 Å². The molecule has 8 nitrogen and oxygen atoms in total. The third-order valence-corrected chi connectivity index (χ3v) is 5.29. The average Bonchev–Trinajstić information content (AvgIpc) is 3.42. The molecule has 166 valence electrons. The van der Waals surface area contributed by atoms with Crippen molar-refractivity contribution >= 4 is 28.9 Å². The second-order valence-corrected chi connectivity index (χ2v) is 7.78. The smallest absolute Gasteiger partial charge is 0.312 e. The van der Waals surface area contributed by atoms with E-state index in [-0.39, 0.29) is 25.6 Å². The van der Waals surface area contributed by atoms with E-state index in [1.165, 1.54) is 42.5 Å². The quantitative estimate of drug-likeness (QED) is 0.514. The highest BCUT2D eigenvalue weighted by molar-refractivity contribution is 7.09. The van der Waals surface area contributed by atoms with Gasteiger partial charge in [0, 0.05) is 17.1 Å². The van der Waals surface area contributed by atoms with Crippen molar-refractivity contribution in [1.82, 2.24) is 4.98 Å². The maximum Gasteiger partial charge on any atom is 0.312 e. The molecule has 0 saturated carbocycles. The molecule has 0 bridgehead atoms. The number of hydrogen-bond acceptors (Lipinski definition) is 8. The van der Waals surface area contributed by atoms with E-state index in [9.17, 15) is 14.0 Å². The summed E-state index contributed by atoms with van der Waals surface area (Å²) < 4.78 is 34.2. The van der Waals surface area contributed by atoms with Crippen molar-refractivity contribution in [3.05, 3.63) is 64.4 Å². The van der Waals surface area contributed by atoms with Gasteiger partial charge >= 0.3 is 5.97 Å². The molecule has 0 saturated heterocycles. The monoisotopic (exact) mass is 458 g/mol. The number of carbonyl (C=O) groups is 2. The van der Waals surface area contributed by atoms with Crippen LogP contribution in [0.5, 0.6) is 17.2 Å². The van der Waals surface area contributed by atoms with E-state index in [1.54, 1.807) is 23.6 Å². The molecule has 1 aliphatic rings. The summed E-state index contributed by atoms with van der Waals surface area (Å²) in [6, 6.07) is 10.7. The van der Waals surface area contributed by atoms with Crippen LogP contribution in [-0.2, 0) is 27.4 Å². The van der Waals surface area contributed by atoms with Crippen molar-refractivity contribution < 1.29 is 32.9 Å². The number of esters is 1. The first-order valence-electron chi connectivity index (χ1n) is 9.68. The number of nitrogens with one attached hydrogen (secondary N) is 1. The summed E-state index contributed by atoms with van der Waals surface area (Å²) in [5.41, 5.74) is 1.02. The van der Waals surface area contributed by atoms with Crippen LogP contribution in [-0.4, -0.2) is 29.8 Å². The van der Waals surface area contributed by atoms with Gasteiger partial charge in [-0.05, 0) is 43.3 Å². The van der Waals surface area contributed by atoms with E-state index in [0.717, 1.165) is 0 Å². The SMILES string of the molecule is C[C@@H](OC(=O)Cc1csc(COc2ccc(F)cc2)n1)C(=O)Nc1ccc2c(c1)OCO2. The van der Waals surface area contributed by atoms with Crippen molar-refractivity contribution in [3.63, 3.8) is 0 Å². The zero-order valence-electron chi connectivity index (χ0n) is 17.0. The van der Waals surface area contributed by atoms with E-state index >= 15 is 0 Å². The molecule has 0 unspecified atom stereocenters. The van der Waals surface area contributed by atoms with Crippen LogP contribution in [0.25, 0.3) is 0 Å². The van der Waals surface area contributed by atoms with Crippen molar-refractivity contribution in [1.29, 1.82) is 0 Å². The summed E-state index contributed by atoms with van der Waals surface area (Å²) in [5.74, 6) is 0.276. The van der Waals surface area contributed by atoms with Gasteiger partial charge in [-0.3, -0.25) is 9.59 Å². The van der Waals surface area contributed by atoms with E-state index in [0.29, 0.717) is 33.6 Å². The summed E-state index contributed by atoms with van der Waals surface area (Å²) in [6.45, 7) is 1.82. The van der Waals surface area contributed by atoms with Crippen molar-refractivity contribution in [2.45, 2.75) is 26.1 Å². The number of carbonyl (C=O) groups excluding carboxylic acids is 2. The van der Waals surface area contributed by atoms with E-state index in [2.05, 4.69) is 10.3 Å². The van der Waals surface area contributed by atoms with Crippen LogP contribution in [0.2, 0.25) is 0 Å². The summed E-state index contributed by atoms with van der Waals surface area (Å²) in [5, 5.41) is 5.06. The predicted molar refractivity (Wildman–Crippen MR) is 113 cm³/mol. The molecule has 2 aromatic carbocycles. The molecule has 1 amide bonds. The second kappa shape index (κ2) is 9.65. The zero-order chi connectivity index (χ0) is 22.5. The summed E-state index contributed by atoms with van der Waals surface area (Å²) >= 11 is 1.33. The Balaban J connectivity index is 1.24. The Morgan fingerprint density at radius 2 is 1.97 bits per heavy atom. The van der Waals surface area contributed by atoms with E-state index < -0.39 is 18.0 Å². The Bertz CT molecular complexity index is 1120. The topological polar surface area (TPSA) is 96.0 Å². The maximum atomic E-state index is 12.9. The van der Waals surface area contributed by atoms with Gasteiger partial charge in [-0.25, -0.2) is 9.37 Å². The van der Waals surface area contributed by atoms with Gasteiger partial charge in [0.05, 0.1) is 12.1 Å². The first-order valence-corrected chi connectivity index (χ1v) is 10.6. The van der Waals surface area contributed by atoms with Gasteiger partial charge < -0.3 is 24.3 Å². The minimum Gasteiger partial charge on any atom is -0.486 e. The number of amides is 1. The number of thiazole rings is 1. The largest absolute Gasteiger partial charge is 0.486 e. The number of ether oxygens (including phenoxy) is 4. The second-order valence-electron chi connectivity index (χ2n) is 6.84. The lowest BCUT2D eigenvalue weighted by atomic mass is 10.2. The molecule has 32 heavy (non-hydrogen) atoms. The first kappa shape index (κ1) is 21.6. The number of hydrogen-bond donors (Lipinski definition) is 1. The summed E-state index contributed by atoms with van der Waals surface area (Å²) in [4.78, 5) is 28.9. The van der Waals surface area contributed by atoms with Gasteiger partial charge in [0.25, 0.3) is 5.91 Å². The van der Waals surface area contributed by atoms with Gasteiger partial charge in [0.15, 0.2) is 17.6 Å². The third kappa shape index (κ3) is 5.52. The van der Waals surface area contributed by atoms with Crippen LogP contribution in [0.1, 0.15) is 17.6 Å². The first-order chi connectivity index (χ1) is 15.5. The van der Waals surface area contributed by atoms with Gasteiger partial charge in [0.2, 0.25) is 6.79 Å². The van der Waals surface area contributed by atoms with Crippen LogP contribution in [0.15, 0.2) is 47.8 Å². The molecular weight excluding hydrogens is 439 g/mol. The molecular formula is C22H19FN2O6S. The van der Waals surface area contributed by atoms with Gasteiger partial charge in [-0.2, -0.15) is 0 Å². The highest BCUT2D eigenvalue weighted by Gasteiger charge is 2.20. The van der Waals surface area contributed by atoms with Crippen LogP contribution in [0.4, 0.5) is 10.1 Å². The van der Waals surface area contributed by atoms with Crippen LogP contribution >= 0.6 is 11.3 Å². The molecule has 1 atom stereocenters. The van der Waals surface area contributed by atoms with Gasteiger partial charge in [-0.1, -0.05) is 0 Å². The lowest BCUT2D eigenvalue weighted by molar-refractivity contribution is -0.152. The highest BCUT2D eigenvalue weighted by Crippen LogP contribution is 2.34. The highest BCUT2D eigenvalue weighted by atomic mass is 32.1. The van der Waals surface area contributed by atoms with Crippen LogP contribution < -0.4 is 19.5 Å². The van der Waals surface area contributed by atoms with Crippen LogP contribution in [0.3, 0.4) is 0 Å². The lowest BCUT2D eigenvalue weighted by Gasteiger charge is -2.13. The maximum absolute atomic E-state index is 12.9. The normalized spacial score (nSPS) is 12.8. The molecule has 10 heteroatoms. The fraction of sp³-hybridized carbons (Fsp3) is 0.227. The van der Waals surface area contributed by atoms with Crippen molar-refractivity contribution in [3.8, 4) is 17.2 Å². The third-order valence-electron chi connectivity index (χ3n) is 4.42. The zero-order valence-corrected chi connectivity index (χ0v) is 17.8. The number of aromatic nitrogens is 1. The Kier molecular flexibility index (Phi) is 6.50. The van der Waals surface area contributed by atoms with Gasteiger partial charge in [0.1, 0.15) is 23.2 Å². The minimum absolute atomic E-state index is 0.0747. The Morgan fingerprint density at radius 1 is 1.19 bits per heavy atom. The number of anilines is 1. The number of benzene rings is 2. The number of fused-ring (bicyclic) bond motifs is 1. The number of nitrogens with zero attached hydrogens (tertiary/aromatic N) is 1. The summed E-state index contributed by atoms with van der Waals surface area (Å²) in [6.07, 6.45) is -1.07. The number of rotatable bonds is 8. The molecule has 1 N–H and O–H groups in total. The molecule has 4 rings (SSSR count). The molecule has 0 aliphatic carbocycles. The van der Waals surface area contributed by atoms with Crippen LogP contribution in [0, 0.1) is 5.82 Å². The lowest BCUT2D eigenvalue weighted by Crippen LogP contribution is -2.30. The van der Waals surface area contributed by atoms with E-state index in [4.69, 9.17) is 18.9 Å². The number of halogens is 1. The average molecular weight is 458 g/mol. The Labute approximate surface area is 186 Å². The Morgan fingerprint density at radius 3 is 2.78 bits per heavy atom. The fourth-order valence-corrected chi connectivity index (χ4v) is 3.54. The molecule has 2 heterocycles.